The molecule has 0 aromatic rings. The number of rotatable bonds is 17. The first-order valence-electron chi connectivity index (χ1n) is 15.5. The Morgan fingerprint density at radius 1 is 0.778 bits per heavy atom. The topological polar surface area (TPSA) is 156 Å². The van der Waals surface area contributed by atoms with Gasteiger partial charge in [0.05, 0.1) is 13.0 Å². The van der Waals surface area contributed by atoms with Crippen LogP contribution in [0.1, 0.15) is 53.9 Å². The van der Waals surface area contributed by atoms with Gasteiger partial charge in [-0.3, -0.25) is 14.4 Å². The smallest absolute Gasteiger partial charge is 0.409 e. The van der Waals surface area contributed by atoms with E-state index < -0.39 is 29.4 Å². The van der Waals surface area contributed by atoms with Crippen molar-refractivity contribution < 1.29 is 42.9 Å². The molecule has 0 aromatic carbocycles. The number of hydrogen-bond acceptors (Lipinski definition) is 12. The fourth-order valence-electron chi connectivity index (χ4n) is 4.51. The van der Waals surface area contributed by atoms with E-state index in [0.717, 1.165) is 13.1 Å². The molecule has 2 N–H and O–H groups in total. The van der Waals surface area contributed by atoms with E-state index in [0.29, 0.717) is 70.3 Å². The van der Waals surface area contributed by atoms with Crippen molar-refractivity contribution in [1.29, 1.82) is 0 Å². The third kappa shape index (κ3) is 15.1. The van der Waals surface area contributed by atoms with E-state index in [1.165, 1.54) is 21.6 Å². The Morgan fingerprint density at radius 2 is 1.38 bits per heavy atom. The Labute approximate surface area is 274 Å². The predicted octanol–water partition coefficient (Wildman–Crippen LogP) is 2.11. The zero-order chi connectivity index (χ0) is 33.3. The zero-order valence-corrected chi connectivity index (χ0v) is 29.0. The molecule has 0 aliphatic carbocycles. The normalized spacial score (nSPS) is 15.8. The summed E-state index contributed by atoms with van der Waals surface area (Å²) >= 11 is 0. The van der Waals surface area contributed by atoms with E-state index in [2.05, 4.69) is 10.6 Å². The minimum absolute atomic E-state index is 0.0191. The van der Waals surface area contributed by atoms with Crippen molar-refractivity contribution in [1.82, 2.24) is 25.3 Å². The first-order chi connectivity index (χ1) is 21.3. The number of amides is 4. The maximum absolute atomic E-state index is 12.8. The summed E-state index contributed by atoms with van der Waals surface area (Å²) in [5, 5.41) is 5.78. The standard InChI is InChI=1S/C29H51N5O9S2/c1-6-31-26(38)40-19-21-44-45-22-20-41-27(39)34-16-14-32(15-17-34)23(35)7-8-24(36)43-28(2,3)9-18-42-29(4,5)25(37)33-12-10-30-11-13-33/h30H,6-22H2,1-5H3,(H,31,38). The van der Waals surface area contributed by atoms with E-state index in [-0.39, 0.29) is 37.9 Å². The lowest BCUT2D eigenvalue weighted by atomic mass is 10.0. The number of ether oxygens (including phenoxy) is 4. The highest BCUT2D eigenvalue weighted by Gasteiger charge is 2.34. The molecule has 4 amide bonds. The van der Waals surface area contributed by atoms with Crippen LogP contribution >= 0.6 is 21.6 Å². The Hall–Kier alpha value is -2.43. The van der Waals surface area contributed by atoms with Gasteiger partial charge in [-0.2, -0.15) is 0 Å². The second-order valence-corrected chi connectivity index (χ2v) is 14.4. The van der Waals surface area contributed by atoms with Crippen molar-refractivity contribution >= 4 is 51.6 Å². The average molecular weight is 678 g/mol. The fraction of sp³-hybridized carbons (Fsp3) is 0.828. The maximum atomic E-state index is 12.8. The molecule has 16 heteroatoms. The van der Waals surface area contributed by atoms with Crippen molar-refractivity contribution in [3.05, 3.63) is 0 Å². The number of nitrogens with one attached hydrogen (secondary N) is 2. The molecule has 14 nitrogen and oxygen atoms in total. The molecule has 2 aliphatic heterocycles. The minimum atomic E-state index is -0.977. The highest BCUT2D eigenvalue weighted by atomic mass is 33.1. The number of hydrogen-bond donors (Lipinski definition) is 2. The lowest BCUT2D eigenvalue weighted by molar-refractivity contribution is -0.164. The summed E-state index contributed by atoms with van der Waals surface area (Å²) in [6.45, 7) is 14.5. The van der Waals surface area contributed by atoms with E-state index in [9.17, 15) is 24.0 Å². The third-order valence-electron chi connectivity index (χ3n) is 7.11. The molecule has 2 fully saturated rings. The van der Waals surface area contributed by atoms with Gasteiger partial charge in [-0.25, -0.2) is 9.59 Å². The molecule has 0 radical (unpaired) electrons. The molecular weight excluding hydrogens is 626 g/mol. The van der Waals surface area contributed by atoms with Crippen molar-refractivity contribution in [3.8, 4) is 0 Å². The Bertz CT molecular complexity index is 972. The molecule has 2 heterocycles. The van der Waals surface area contributed by atoms with Crippen LogP contribution in [0, 0.1) is 0 Å². The largest absolute Gasteiger partial charge is 0.460 e. The minimum Gasteiger partial charge on any atom is -0.460 e. The molecule has 0 aromatic heterocycles. The molecule has 2 saturated heterocycles. The first-order valence-corrected chi connectivity index (χ1v) is 18.0. The van der Waals surface area contributed by atoms with Gasteiger partial charge in [0.1, 0.15) is 24.4 Å². The van der Waals surface area contributed by atoms with Crippen LogP contribution in [0.3, 0.4) is 0 Å². The first kappa shape index (κ1) is 38.8. The quantitative estimate of drug-likeness (QED) is 0.100. The second-order valence-electron chi connectivity index (χ2n) is 11.7. The van der Waals surface area contributed by atoms with Crippen molar-refractivity contribution in [2.75, 3.05) is 90.2 Å². The van der Waals surface area contributed by atoms with Crippen LogP contribution in [-0.4, -0.2) is 146 Å². The summed E-state index contributed by atoms with van der Waals surface area (Å²) < 4.78 is 21.8. The summed E-state index contributed by atoms with van der Waals surface area (Å²) in [7, 11) is 3.06. The number of carbonyl (C=O) groups is 5. The number of carbonyl (C=O) groups excluding carboxylic acids is 5. The molecule has 0 saturated carbocycles. The molecule has 0 spiro atoms. The zero-order valence-electron chi connectivity index (χ0n) is 27.4. The van der Waals surface area contributed by atoms with Crippen molar-refractivity contribution in [2.45, 2.75) is 65.1 Å². The van der Waals surface area contributed by atoms with Crippen molar-refractivity contribution in [2.24, 2.45) is 0 Å². The van der Waals surface area contributed by atoms with Gasteiger partial charge in [-0.15, -0.1) is 0 Å². The van der Waals surface area contributed by atoms with E-state index in [1.807, 2.05) is 6.92 Å². The summed E-state index contributed by atoms with van der Waals surface area (Å²) in [6.07, 6.45) is -0.481. The van der Waals surface area contributed by atoms with Crippen LogP contribution in [0.2, 0.25) is 0 Å². The van der Waals surface area contributed by atoms with Gasteiger partial charge in [0.2, 0.25) is 5.91 Å². The molecule has 2 rings (SSSR count). The molecule has 0 unspecified atom stereocenters. The molecule has 45 heavy (non-hydrogen) atoms. The van der Waals surface area contributed by atoms with Crippen LogP contribution < -0.4 is 10.6 Å². The van der Waals surface area contributed by atoms with Crippen LogP contribution in [0.5, 0.6) is 0 Å². The van der Waals surface area contributed by atoms with Gasteiger partial charge < -0.3 is 44.3 Å². The number of piperazine rings is 2. The van der Waals surface area contributed by atoms with Gasteiger partial charge in [-0.05, 0) is 34.6 Å². The van der Waals surface area contributed by atoms with Gasteiger partial charge >= 0.3 is 18.2 Å². The molecule has 0 bridgehead atoms. The van der Waals surface area contributed by atoms with Crippen LogP contribution in [0.15, 0.2) is 0 Å². The number of esters is 1. The Balaban J connectivity index is 1.56. The SMILES string of the molecule is CCNC(=O)OCCSSCCOC(=O)N1CCN(C(=O)CCC(=O)OC(C)(C)CCOC(C)(C)C(=O)N2CCNCC2)CC1. The van der Waals surface area contributed by atoms with Gasteiger partial charge in [0, 0.05) is 83.3 Å². The predicted molar refractivity (Wildman–Crippen MR) is 173 cm³/mol. The summed E-state index contributed by atoms with van der Waals surface area (Å²) in [6, 6.07) is 0. The van der Waals surface area contributed by atoms with Crippen LogP contribution in [0.25, 0.3) is 0 Å². The van der Waals surface area contributed by atoms with E-state index in [1.54, 1.807) is 42.4 Å². The molecule has 2 aliphatic rings. The summed E-state index contributed by atoms with van der Waals surface area (Å²) in [5.41, 5.74) is -1.80. The maximum Gasteiger partial charge on any atom is 0.409 e. The number of alkyl carbamates (subject to hydrolysis) is 1. The van der Waals surface area contributed by atoms with E-state index in [4.69, 9.17) is 18.9 Å². The Kier molecular flexibility index (Phi) is 17.2. The van der Waals surface area contributed by atoms with E-state index >= 15 is 0 Å². The molecular formula is C29H51N5O9S2. The Morgan fingerprint density at radius 3 is 2.00 bits per heavy atom. The highest BCUT2D eigenvalue weighted by Crippen LogP contribution is 2.22. The molecule has 258 valence electrons. The number of nitrogens with zero attached hydrogens (tertiary/aromatic N) is 3. The average Bonchev–Trinajstić information content (AvgIpc) is 3.00. The lowest BCUT2D eigenvalue weighted by Gasteiger charge is -2.35. The molecule has 0 atom stereocenters. The van der Waals surface area contributed by atoms with Gasteiger partial charge in [-0.1, -0.05) is 21.6 Å². The second kappa shape index (κ2) is 19.9. The fourth-order valence-corrected chi connectivity index (χ4v) is 6.17. The van der Waals surface area contributed by atoms with Crippen LogP contribution in [-0.2, 0) is 33.3 Å². The summed E-state index contributed by atoms with van der Waals surface area (Å²) in [5.74, 6) is 0.536. The monoisotopic (exact) mass is 677 g/mol. The van der Waals surface area contributed by atoms with Crippen molar-refractivity contribution in [3.63, 3.8) is 0 Å². The lowest BCUT2D eigenvalue weighted by Crippen LogP contribution is -2.54. The third-order valence-corrected chi connectivity index (χ3v) is 9.44. The van der Waals surface area contributed by atoms with Gasteiger partial charge in [0.15, 0.2) is 0 Å². The van der Waals surface area contributed by atoms with Gasteiger partial charge in [0.25, 0.3) is 5.91 Å². The highest BCUT2D eigenvalue weighted by molar-refractivity contribution is 8.76. The summed E-state index contributed by atoms with van der Waals surface area (Å²) in [4.78, 5) is 66.6. The van der Waals surface area contributed by atoms with Crippen LogP contribution in [0.4, 0.5) is 9.59 Å².